The summed E-state index contributed by atoms with van der Waals surface area (Å²) in [6.07, 6.45) is 8.59. The maximum absolute atomic E-state index is 12.7. The van der Waals surface area contributed by atoms with Crippen molar-refractivity contribution in [3.8, 4) is 0 Å². The Kier molecular flexibility index (Phi) is 7.10. The maximum atomic E-state index is 12.7. The minimum atomic E-state index is -0.509. The molecule has 1 fully saturated rings. The van der Waals surface area contributed by atoms with Crippen LogP contribution in [0.2, 0.25) is 5.02 Å². The molecule has 5 rings (SSSR count). The van der Waals surface area contributed by atoms with Gasteiger partial charge in [0.2, 0.25) is 0 Å². The predicted molar refractivity (Wildman–Crippen MR) is 144 cm³/mol. The van der Waals surface area contributed by atoms with E-state index in [1.54, 1.807) is 19.6 Å². The van der Waals surface area contributed by atoms with E-state index >= 15 is 0 Å². The van der Waals surface area contributed by atoms with E-state index in [4.69, 9.17) is 26.1 Å². The van der Waals surface area contributed by atoms with E-state index in [1.807, 2.05) is 50.1 Å². The van der Waals surface area contributed by atoms with Crippen molar-refractivity contribution in [1.29, 1.82) is 0 Å². The fourth-order valence-electron chi connectivity index (χ4n) is 5.52. The van der Waals surface area contributed by atoms with Gasteiger partial charge in [0.05, 0.1) is 23.9 Å². The molecule has 1 amide bonds. The number of nitrogens with zero attached hydrogens (tertiary/aromatic N) is 3. The Morgan fingerprint density at radius 1 is 1.22 bits per heavy atom. The number of carbonyl (C=O) groups excluding carboxylic acids is 1. The summed E-state index contributed by atoms with van der Waals surface area (Å²) in [5.74, 6) is 0.352. The van der Waals surface area contributed by atoms with Gasteiger partial charge >= 0.3 is 6.09 Å². The molecular formula is C29H33ClN4O3. The number of methoxy groups -OCH3 is 1. The van der Waals surface area contributed by atoms with Gasteiger partial charge in [-0.1, -0.05) is 23.7 Å². The molecule has 1 unspecified atom stereocenters. The molecule has 1 aliphatic heterocycles. The average molecular weight is 521 g/mol. The number of fused-ring (bicyclic) bond motifs is 2. The molecule has 194 valence electrons. The number of nitrogens with one attached hydrogen (secondary N) is 1. The van der Waals surface area contributed by atoms with E-state index < -0.39 is 5.60 Å². The van der Waals surface area contributed by atoms with Crippen LogP contribution in [0.4, 0.5) is 4.79 Å². The van der Waals surface area contributed by atoms with Crippen molar-refractivity contribution in [1.82, 2.24) is 19.9 Å². The van der Waals surface area contributed by atoms with Crippen molar-refractivity contribution >= 4 is 29.3 Å². The number of amides is 1. The van der Waals surface area contributed by atoms with Gasteiger partial charge in [0, 0.05) is 37.3 Å². The molecule has 1 aliphatic carbocycles. The number of aromatic amines is 1. The number of benzene rings is 1. The van der Waals surface area contributed by atoms with Gasteiger partial charge in [-0.25, -0.2) is 9.78 Å². The van der Waals surface area contributed by atoms with Crippen molar-refractivity contribution in [2.75, 3.05) is 20.2 Å². The Morgan fingerprint density at radius 2 is 2.00 bits per heavy atom. The number of hydrogen-bond donors (Lipinski definition) is 1. The van der Waals surface area contributed by atoms with E-state index in [0.29, 0.717) is 24.0 Å². The van der Waals surface area contributed by atoms with E-state index in [0.717, 1.165) is 40.9 Å². The highest BCUT2D eigenvalue weighted by molar-refractivity contribution is 6.30. The number of aromatic nitrogens is 3. The van der Waals surface area contributed by atoms with Gasteiger partial charge in [-0.05, 0) is 86.1 Å². The van der Waals surface area contributed by atoms with Crippen LogP contribution in [0.3, 0.4) is 0 Å². The Bertz CT molecular complexity index is 1290. The quantitative estimate of drug-likeness (QED) is 0.426. The van der Waals surface area contributed by atoms with Crippen molar-refractivity contribution in [2.24, 2.45) is 5.92 Å². The SMILES string of the molecule is COC(C1=Cc2cccnc2[C@@H](C2CCN(C(=O)OC(C)(C)C)CC2)c2ccc(Cl)cc21)c1cnc[nH]1. The van der Waals surface area contributed by atoms with Crippen molar-refractivity contribution in [2.45, 2.75) is 51.2 Å². The van der Waals surface area contributed by atoms with E-state index in [1.165, 1.54) is 5.56 Å². The second-order valence-corrected chi connectivity index (χ2v) is 11.2. The van der Waals surface area contributed by atoms with Crippen molar-refractivity contribution in [3.63, 3.8) is 0 Å². The number of pyridine rings is 1. The zero-order chi connectivity index (χ0) is 26.2. The van der Waals surface area contributed by atoms with E-state index in [2.05, 4.69) is 28.2 Å². The lowest BCUT2D eigenvalue weighted by Gasteiger charge is -2.37. The molecule has 2 atom stereocenters. The number of piperidine rings is 1. The van der Waals surface area contributed by atoms with Gasteiger partial charge < -0.3 is 19.4 Å². The highest BCUT2D eigenvalue weighted by Crippen LogP contribution is 2.47. The summed E-state index contributed by atoms with van der Waals surface area (Å²) >= 11 is 6.56. The molecule has 0 radical (unpaired) electrons. The number of ether oxygens (including phenoxy) is 2. The summed E-state index contributed by atoms with van der Waals surface area (Å²) in [6, 6.07) is 10.2. The molecule has 7 nitrogen and oxygen atoms in total. The first-order valence-electron chi connectivity index (χ1n) is 12.7. The Hall–Kier alpha value is -3.16. The monoisotopic (exact) mass is 520 g/mol. The largest absolute Gasteiger partial charge is 0.444 e. The minimum Gasteiger partial charge on any atom is -0.444 e. The lowest BCUT2D eigenvalue weighted by Crippen LogP contribution is -2.42. The molecular weight excluding hydrogens is 488 g/mol. The molecule has 1 saturated heterocycles. The third-order valence-corrected chi connectivity index (χ3v) is 7.36. The Balaban J connectivity index is 1.54. The molecule has 3 heterocycles. The van der Waals surface area contributed by atoms with Gasteiger partial charge in [0.25, 0.3) is 0 Å². The summed E-state index contributed by atoms with van der Waals surface area (Å²) in [7, 11) is 1.70. The number of rotatable bonds is 4. The summed E-state index contributed by atoms with van der Waals surface area (Å²) in [6.45, 7) is 6.99. The summed E-state index contributed by atoms with van der Waals surface area (Å²) in [4.78, 5) is 26.8. The van der Waals surface area contributed by atoms with Crippen LogP contribution in [-0.2, 0) is 9.47 Å². The standard InChI is InChI=1S/C29H33ClN4O3/c1-29(2,3)37-28(35)34-12-9-18(10-13-34)25-21-8-7-20(30)15-22(21)23(14-19-6-5-11-32-26(19)25)27(36-4)24-16-31-17-33-24/h5-8,11,14-18,25,27H,9-10,12-13H2,1-4H3,(H,31,33)/t25-,27?/m0/s1. The Labute approximate surface area is 222 Å². The molecule has 0 bridgehead atoms. The molecule has 0 spiro atoms. The average Bonchev–Trinajstić information content (AvgIpc) is 3.35. The summed E-state index contributed by atoms with van der Waals surface area (Å²) in [5.41, 5.74) is 5.69. The lowest BCUT2D eigenvalue weighted by molar-refractivity contribution is 0.0178. The number of likely N-dealkylation sites (tertiary alicyclic amines) is 1. The molecule has 2 aromatic heterocycles. The molecule has 8 heteroatoms. The first-order chi connectivity index (χ1) is 17.7. The van der Waals surface area contributed by atoms with Gasteiger partial charge in [0.15, 0.2) is 0 Å². The van der Waals surface area contributed by atoms with Crippen molar-refractivity contribution < 1.29 is 14.3 Å². The number of imidazole rings is 1. The van der Waals surface area contributed by atoms with Crippen LogP contribution in [0.1, 0.15) is 73.7 Å². The zero-order valence-corrected chi connectivity index (χ0v) is 22.5. The van der Waals surface area contributed by atoms with Gasteiger partial charge in [-0.2, -0.15) is 0 Å². The number of H-pyrrole nitrogens is 1. The summed E-state index contributed by atoms with van der Waals surface area (Å²) < 4.78 is 11.6. The van der Waals surface area contributed by atoms with Gasteiger partial charge in [0.1, 0.15) is 11.7 Å². The molecule has 0 saturated carbocycles. The predicted octanol–water partition coefficient (Wildman–Crippen LogP) is 6.48. The summed E-state index contributed by atoms with van der Waals surface area (Å²) in [5, 5.41) is 0.668. The number of carbonyl (C=O) groups is 1. The second kappa shape index (κ2) is 10.3. The minimum absolute atomic E-state index is 0.0530. The lowest BCUT2D eigenvalue weighted by atomic mass is 9.76. The number of hydrogen-bond acceptors (Lipinski definition) is 5. The maximum Gasteiger partial charge on any atom is 0.410 e. The van der Waals surface area contributed by atoms with Gasteiger partial charge in [-0.15, -0.1) is 0 Å². The van der Waals surface area contributed by atoms with Crippen LogP contribution >= 0.6 is 11.6 Å². The topological polar surface area (TPSA) is 80.3 Å². The third-order valence-electron chi connectivity index (χ3n) is 7.12. The molecule has 2 aliphatic rings. The third kappa shape index (κ3) is 5.29. The fraction of sp³-hybridized carbons (Fsp3) is 0.414. The van der Waals surface area contributed by atoms with E-state index in [-0.39, 0.29) is 18.1 Å². The van der Waals surface area contributed by atoms with Crippen LogP contribution < -0.4 is 0 Å². The first-order valence-corrected chi connectivity index (χ1v) is 13.1. The second-order valence-electron chi connectivity index (χ2n) is 10.7. The smallest absolute Gasteiger partial charge is 0.410 e. The first kappa shape index (κ1) is 25.5. The highest BCUT2D eigenvalue weighted by Gasteiger charge is 2.37. The molecule has 37 heavy (non-hydrogen) atoms. The van der Waals surface area contributed by atoms with Crippen LogP contribution in [-0.4, -0.2) is 51.7 Å². The van der Waals surface area contributed by atoms with Crippen molar-refractivity contribution in [3.05, 3.63) is 82.2 Å². The van der Waals surface area contributed by atoms with Crippen LogP contribution in [0.15, 0.2) is 49.1 Å². The normalized spacial score (nSPS) is 18.9. The van der Waals surface area contributed by atoms with E-state index in [9.17, 15) is 4.79 Å². The van der Waals surface area contributed by atoms with Crippen LogP contribution in [0, 0.1) is 5.92 Å². The molecule has 3 aromatic rings. The Morgan fingerprint density at radius 3 is 2.68 bits per heavy atom. The van der Waals surface area contributed by atoms with Gasteiger partial charge in [-0.3, -0.25) is 4.98 Å². The zero-order valence-electron chi connectivity index (χ0n) is 21.7. The van der Waals surface area contributed by atoms with Crippen LogP contribution in [0.25, 0.3) is 11.6 Å². The number of halogens is 1. The highest BCUT2D eigenvalue weighted by atomic mass is 35.5. The molecule has 1 aromatic carbocycles. The fourth-order valence-corrected chi connectivity index (χ4v) is 5.69. The molecule has 1 N–H and O–H groups in total. The van der Waals surface area contributed by atoms with Crippen LogP contribution in [0.5, 0.6) is 0 Å².